The molecular weight excluding hydrogens is 313 g/mol. The molecule has 2 N–H and O–H groups in total. The zero-order valence-electron chi connectivity index (χ0n) is 11.7. The maximum absolute atomic E-state index is 12.9. The number of aliphatic hydroxyl groups excluding tert-OH is 1. The van der Waals surface area contributed by atoms with Crippen molar-refractivity contribution >= 4 is 5.91 Å². The summed E-state index contributed by atoms with van der Waals surface area (Å²) in [6.45, 7) is -0.458. The van der Waals surface area contributed by atoms with Crippen LogP contribution in [0.1, 0.15) is 27.7 Å². The van der Waals surface area contributed by atoms with Crippen molar-refractivity contribution in [1.29, 1.82) is 0 Å². The third-order valence-electron chi connectivity index (χ3n) is 3.14. The Morgan fingerprint density at radius 1 is 1.22 bits per heavy atom. The highest BCUT2D eigenvalue weighted by atomic mass is 19.4. The number of nitrogens with one attached hydrogen (secondary N) is 1. The van der Waals surface area contributed by atoms with Crippen LogP contribution in [0.4, 0.5) is 13.2 Å². The largest absolute Gasteiger partial charge is 0.618 e. The number of aromatic nitrogens is 1. The highest BCUT2D eigenvalue weighted by molar-refractivity contribution is 5.90. The van der Waals surface area contributed by atoms with Gasteiger partial charge in [-0.15, -0.1) is 0 Å². The van der Waals surface area contributed by atoms with Gasteiger partial charge in [0.1, 0.15) is 0 Å². The molecule has 0 saturated carbocycles. The Labute approximate surface area is 129 Å². The summed E-state index contributed by atoms with van der Waals surface area (Å²) in [7, 11) is 0. The van der Waals surface area contributed by atoms with Gasteiger partial charge < -0.3 is 15.6 Å². The van der Waals surface area contributed by atoms with Crippen molar-refractivity contribution in [1.82, 2.24) is 5.32 Å². The molecule has 0 fully saturated rings. The fourth-order valence-corrected chi connectivity index (χ4v) is 2.04. The molecule has 1 aromatic heterocycles. The van der Waals surface area contributed by atoms with Crippen LogP contribution in [0.2, 0.25) is 0 Å². The minimum Gasteiger partial charge on any atom is -0.618 e. The Hall–Kier alpha value is -2.61. The molecule has 8 heteroatoms. The van der Waals surface area contributed by atoms with Gasteiger partial charge in [-0.05, 0) is 17.7 Å². The summed E-state index contributed by atoms with van der Waals surface area (Å²) in [6, 6.07) is 8.72. The standard InChI is InChI=1S/C15H13F3N2O3/c16-15(17,18)11-6-2-1-5-10(11)13(21)9-19-14(22)12-7-3-4-8-20(12)23/h1-8,13,21H,9H2,(H,19,22)/t13-/m1/s1. The Kier molecular flexibility index (Phi) is 4.85. The van der Waals surface area contributed by atoms with Gasteiger partial charge in [0, 0.05) is 18.7 Å². The number of rotatable bonds is 4. The van der Waals surface area contributed by atoms with Gasteiger partial charge in [0.25, 0.3) is 5.69 Å². The average Bonchev–Trinajstić information content (AvgIpc) is 2.52. The molecule has 0 spiro atoms. The van der Waals surface area contributed by atoms with Crippen LogP contribution in [0.15, 0.2) is 48.7 Å². The van der Waals surface area contributed by atoms with E-state index in [9.17, 15) is 28.3 Å². The normalized spacial score (nSPS) is 12.7. The summed E-state index contributed by atoms with van der Waals surface area (Å²) in [5.74, 6) is -0.788. The maximum Gasteiger partial charge on any atom is 0.416 e. The highest BCUT2D eigenvalue weighted by Gasteiger charge is 2.34. The van der Waals surface area contributed by atoms with Crippen molar-refractivity contribution in [3.05, 3.63) is 70.7 Å². The van der Waals surface area contributed by atoms with Crippen molar-refractivity contribution in [3.8, 4) is 0 Å². The van der Waals surface area contributed by atoms with E-state index in [2.05, 4.69) is 5.32 Å². The lowest BCUT2D eigenvalue weighted by Gasteiger charge is -2.17. The van der Waals surface area contributed by atoms with Gasteiger partial charge in [-0.3, -0.25) is 4.79 Å². The summed E-state index contributed by atoms with van der Waals surface area (Å²) in [4.78, 5) is 11.8. The molecule has 0 bridgehead atoms. The fourth-order valence-electron chi connectivity index (χ4n) is 2.04. The van der Waals surface area contributed by atoms with Crippen LogP contribution in [0.3, 0.4) is 0 Å². The summed E-state index contributed by atoms with van der Waals surface area (Å²) >= 11 is 0. The second-order valence-corrected chi connectivity index (χ2v) is 4.72. The predicted molar refractivity (Wildman–Crippen MR) is 74.1 cm³/mol. The molecular formula is C15H13F3N2O3. The molecule has 122 valence electrons. The lowest BCUT2D eigenvalue weighted by molar-refractivity contribution is -0.607. The van der Waals surface area contributed by atoms with Crippen LogP contribution in [-0.4, -0.2) is 17.6 Å². The lowest BCUT2D eigenvalue weighted by atomic mass is 10.0. The number of aliphatic hydroxyl groups is 1. The number of benzene rings is 1. The monoisotopic (exact) mass is 326 g/mol. The minimum absolute atomic E-state index is 0.219. The van der Waals surface area contributed by atoms with Gasteiger partial charge in [-0.2, -0.15) is 17.9 Å². The van der Waals surface area contributed by atoms with E-state index in [4.69, 9.17) is 0 Å². The number of pyridine rings is 1. The molecule has 0 radical (unpaired) electrons. The summed E-state index contributed by atoms with van der Waals surface area (Å²) in [5.41, 5.74) is -1.53. The van der Waals surface area contributed by atoms with Crippen LogP contribution in [0.5, 0.6) is 0 Å². The third-order valence-corrected chi connectivity index (χ3v) is 3.14. The van der Waals surface area contributed by atoms with Gasteiger partial charge in [-0.1, -0.05) is 18.2 Å². The second-order valence-electron chi connectivity index (χ2n) is 4.72. The Morgan fingerprint density at radius 3 is 2.52 bits per heavy atom. The number of nitrogens with zero attached hydrogens (tertiary/aromatic N) is 1. The molecule has 1 heterocycles. The second kappa shape index (κ2) is 6.66. The molecule has 0 saturated heterocycles. The maximum atomic E-state index is 12.9. The Balaban J connectivity index is 2.11. The predicted octanol–water partition coefficient (Wildman–Crippen LogP) is 1.80. The van der Waals surface area contributed by atoms with E-state index in [1.807, 2.05) is 0 Å². The fraction of sp³-hybridized carbons (Fsp3) is 0.200. The Morgan fingerprint density at radius 2 is 1.87 bits per heavy atom. The first-order valence-corrected chi connectivity index (χ1v) is 6.61. The van der Waals surface area contributed by atoms with Crippen LogP contribution < -0.4 is 10.0 Å². The number of alkyl halides is 3. The first-order valence-electron chi connectivity index (χ1n) is 6.61. The molecule has 2 aromatic rings. The smallest absolute Gasteiger partial charge is 0.416 e. The third kappa shape index (κ3) is 3.98. The molecule has 0 aliphatic carbocycles. The van der Waals surface area contributed by atoms with E-state index in [0.29, 0.717) is 4.73 Å². The summed E-state index contributed by atoms with van der Waals surface area (Å²) < 4.78 is 39.0. The SMILES string of the molecule is O=C(NC[C@@H](O)c1ccccc1C(F)(F)F)c1cccc[n+]1[O-]. The van der Waals surface area contributed by atoms with Crippen LogP contribution in [0.25, 0.3) is 0 Å². The quantitative estimate of drug-likeness (QED) is 0.664. The van der Waals surface area contributed by atoms with Gasteiger partial charge in [0.15, 0.2) is 6.20 Å². The highest BCUT2D eigenvalue weighted by Crippen LogP contribution is 2.34. The van der Waals surface area contributed by atoms with E-state index in [0.717, 1.165) is 18.3 Å². The molecule has 0 aliphatic rings. The number of hydrogen-bond acceptors (Lipinski definition) is 3. The van der Waals surface area contributed by atoms with Crippen molar-refractivity contribution < 1.29 is 27.8 Å². The molecule has 1 atom stereocenters. The van der Waals surface area contributed by atoms with E-state index in [1.165, 1.54) is 30.3 Å². The van der Waals surface area contributed by atoms with Gasteiger partial charge in [0.2, 0.25) is 0 Å². The van der Waals surface area contributed by atoms with Gasteiger partial charge in [-0.25, -0.2) is 0 Å². The molecule has 5 nitrogen and oxygen atoms in total. The zero-order valence-corrected chi connectivity index (χ0v) is 11.7. The average molecular weight is 326 g/mol. The van der Waals surface area contributed by atoms with Crippen molar-refractivity contribution in [2.75, 3.05) is 6.54 Å². The van der Waals surface area contributed by atoms with Crippen molar-refractivity contribution in [3.63, 3.8) is 0 Å². The first-order chi connectivity index (χ1) is 10.8. The van der Waals surface area contributed by atoms with E-state index >= 15 is 0 Å². The number of hydrogen-bond donors (Lipinski definition) is 2. The topological polar surface area (TPSA) is 76.3 Å². The van der Waals surface area contributed by atoms with Crippen LogP contribution in [-0.2, 0) is 6.18 Å². The van der Waals surface area contributed by atoms with Gasteiger partial charge >= 0.3 is 12.1 Å². The Bertz CT molecular complexity index is 704. The van der Waals surface area contributed by atoms with Crippen molar-refractivity contribution in [2.45, 2.75) is 12.3 Å². The first kappa shape index (κ1) is 16.8. The molecule has 0 unspecified atom stereocenters. The van der Waals surface area contributed by atoms with Gasteiger partial charge in [0.05, 0.1) is 11.7 Å². The zero-order chi connectivity index (χ0) is 17.0. The minimum atomic E-state index is -4.61. The van der Waals surface area contributed by atoms with E-state index < -0.39 is 30.3 Å². The molecule has 23 heavy (non-hydrogen) atoms. The molecule has 2 rings (SSSR count). The lowest BCUT2D eigenvalue weighted by Crippen LogP contribution is -2.40. The van der Waals surface area contributed by atoms with Crippen LogP contribution >= 0.6 is 0 Å². The number of halogens is 3. The molecule has 1 amide bonds. The number of carbonyl (C=O) groups excluding carboxylic acids is 1. The molecule has 1 aromatic carbocycles. The molecule has 0 aliphatic heterocycles. The van der Waals surface area contributed by atoms with Crippen LogP contribution in [0, 0.1) is 5.21 Å². The number of amides is 1. The van der Waals surface area contributed by atoms with E-state index in [-0.39, 0.29) is 11.3 Å². The number of carbonyl (C=O) groups is 1. The summed E-state index contributed by atoms with van der Waals surface area (Å²) in [5, 5.41) is 23.6. The van der Waals surface area contributed by atoms with E-state index in [1.54, 1.807) is 0 Å². The summed E-state index contributed by atoms with van der Waals surface area (Å²) in [6.07, 6.45) is -5.05. The van der Waals surface area contributed by atoms with Crippen molar-refractivity contribution in [2.24, 2.45) is 0 Å².